The van der Waals surface area contributed by atoms with Crippen molar-refractivity contribution in [1.82, 2.24) is 25.6 Å². The SMILES string of the molecule is CN[C@@H](C)C(=O)NCCCC#Cc1cnc(Nc2ccc(F)nc2)nc1N1CCCC1. The lowest BCUT2D eigenvalue weighted by Gasteiger charge is -2.18. The molecule has 1 amide bonds. The molecule has 8 nitrogen and oxygen atoms in total. The van der Waals surface area contributed by atoms with E-state index in [4.69, 9.17) is 0 Å². The first-order valence-corrected chi connectivity index (χ1v) is 10.5. The molecule has 31 heavy (non-hydrogen) atoms. The van der Waals surface area contributed by atoms with Gasteiger partial charge in [0.2, 0.25) is 17.8 Å². The first kappa shape index (κ1) is 22.4. The molecule has 1 atom stereocenters. The number of pyridine rings is 1. The number of hydrogen-bond acceptors (Lipinski definition) is 7. The second-order valence-electron chi connectivity index (χ2n) is 7.33. The highest BCUT2D eigenvalue weighted by molar-refractivity contribution is 5.81. The Bertz CT molecular complexity index is 933. The van der Waals surface area contributed by atoms with E-state index in [1.54, 1.807) is 19.3 Å². The third-order valence-corrected chi connectivity index (χ3v) is 4.98. The van der Waals surface area contributed by atoms with Gasteiger partial charge in [0.1, 0.15) is 5.82 Å². The minimum atomic E-state index is -0.536. The first-order chi connectivity index (χ1) is 15.1. The van der Waals surface area contributed by atoms with Crippen LogP contribution in [0.2, 0.25) is 0 Å². The summed E-state index contributed by atoms with van der Waals surface area (Å²) in [7, 11) is 1.76. The van der Waals surface area contributed by atoms with E-state index in [1.165, 1.54) is 12.3 Å². The molecule has 0 spiro atoms. The van der Waals surface area contributed by atoms with Crippen molar-refractivity contribution in [2.45, 2.75) is 38.6 Å². The number of rotatable bonds is 8. The number of likely N-dealkylation sites (N-methyl/N-ethyl adjacent to an activating group) is 1. The largest absolute Gasteiger partial charge is 0.355 e. The molecule has 0 aromatic carbocycles. The number of carbonyl (C=O) groups excluding carboxylic acids is 1. The molecule has 2 aromatic heterocycles. The molecule has 0 aliphatic carbocycles. The molecule has 1 fully saturated rings. The van der Waals surface area contributed by atoms with E-state index >= 15 is 0 Å². The van der Waals surface area contributed by atoms with Crippen molar-refractivity contribution in [3.63, 3.8) is 0 Å². The summed E-state index contributed by atoms with van der Waals surface area (Å²) in [6.07, 6.45) is 6.78. The molecule has 0 bridgehead atoms. The molecule has 3 heterocycles. The van der Waals surface area contributed by atoms with E-state index in [1.807, 2.05) is 6.92 Å². The van der Waals surface area contributed by atoms with Crippen LogP contribution in [0.25, 0.3) is 0 Å². The maximum Gasteiger partial charge on any atom is 0.236 e. The molecule has 1 saturated heterocycles. The Labute approximate surface area is 182 Å². The van der Waals surface area contributed by atoms with Gasteiger partial charge in [-0.25, -0.2) is 9.97 Å². The van der Waals surface area contributed by atoms with E-state index in [0.717, 1.165) is 43.7 Å². The number of halogens is 1. The average molecular weight is 426 g/mol. The van der Waals surface area contributed by atoms with Gasteiger partial charge >= 0.3 is 0 Å². The van der Waals surface area contributed by atoms with Crippen molar-refractivity contribution in [2.75, 3.05) is 36.9 Å². The maximum absolute atomic E-state index is 13.0. The fourth-order valence-electron chi connectivity index (χ4n) is 3.10. The summed E-state index contributed by atoms with van der Waals surface area (Å²) in [6, 6.07) is 2.67. The summed E-state index contributed by atoms with van der Waals surface area (Å²) in [4.78, 5) is 26.6. The van der Waals surface area contributed by atoms with Crippen LogP contribution in [0.3, 0.4) is 0 Å². The van der Waals surface area contributed by atoms with Crippen molar-refractivity contribution >= 4 is 23.4 Å². The van der Waals surface area contributed by atoms with Crippen molar-refractivity contribution in [2.24, 2.45) is 0 Å². The minimum Gasteiger partial charge on any atom is -0.355 e. The molecule has 1 aliphatic heterocycles. The van der Waals surface area contributed by atoms with E-state index in [2.05, 4.69) is 47.6 Å². The number of nitrogens with one attached hydrogen (secondary N) is 3. The monoisotopic (exact) mass is 425 g/mol. The van der Waals surface area contributed by atoms with Gasteiger partial charge in [0.15, 0.2) is 0 Å². The van der Waals surface area contributed by atoms with Crippen LogP contribution in [0.5, 0.6) is 0 Å². The Hall–Kier alpha value is -3.25. The predicted molar refractivity (Wildman–Crippen MR) is 119 cm³/mol. The standard InChI is InChI=1S/C22H28FN7O/c1-16(24-2)21(31)25-11-5-3-4-8-17-14-27-22(28-18-9-10-19(23)26-15-18)29-20(17)30-12-6-7-13-30/h9-10,14-16,24H,3,5-7,11-13H2,1-2H3,(H,25,31)(H,27,28,29)/t16-/m0/s1. The number of amides is 1. The summed E-state index contributed by atoms with van der Waals surface area (Å²) in [5, 5.41) is 8.85. The quantitative estimate of drug-likeness (QED) is 0.339. The minimum absolute atomic E-state index is 0.0142. The van der Waals surface area contributed by atoms with Crippen LogP contribution >= 0.6 is 0 Å². The Morgan fingerprint density at radius 1 is 1.26 bits per heavy atom. The van der Waals surface area contributed by atoms with Crippen LogP contribution in [-0.2, 0) is 4.79 Å². The summed E-state index contributed by atoms with van der Waals surface area (Å²) < 4.78 is 13.0. The zero-order valence-corrected chi connectivity index (χ0v) is 17.9. The second-order valence-corrected chi connectivity index (χ2v) is 7.33. The highest BCUT2D eigenvalue weighted by Crippen LogP contribution is 2.23. The van der Waals surface area contributed by atoms with Crippen LogP contribution < -0.4 is 20.9 Å². The molecule has 3 N–H and O–H groups in total. The van der Waals surface area contributed by atoms with E-state index < -0.39 is 5.95 Å². The van der Waals surface area contributed by atoms with Crippen LogP contribution in [0.4, 0.5) is 21.8 Å². The number of aromatic nitrogens is 3. The predicted octanol–water partition coefficient (Wildman–Crippen LogP) is 2.21. The Morgan fingerprint density at radius 2 is 2.06 bits per heavy atom. The molecule has 9 heteroatoms. The summed E-state index contributed by atoms with van der Waals surface area (Å²) in [5.74, 6) is 7.01. The number of carbonyl (C=O) groups is 1. The van der Waals surface area contributed by atoms with Crippen LogP contribution in [-0.4, -0.2) is 53.6 Å². The Balaban J connectivity index is 1.63. The lowest BCUT2D eigenvalue weighted by Crippen LogP contribution is -2.40. The van der Waals surface area contributed by atoms with Crippen LogP contribution in [0.15, 0.2) is 24.5 Å². The maximum atomic E-state index is 13.0. The van der Waals surface area contributed by atoms with Crippen molar-refractivity contribution in [3.8, 4) is 11.8 Å². The van der Waals surface area contributed by atoms with Gasteiger partial charge in [-0.2, -0.15) is 9.37 Å². The number of anilines is 3. The zero-order valence-electron chi connectivity index (χ0n) is 17.9. The third kappa shape index (κ3) is 6.62. The van der Waals surface area contributed by atoms with Gasteiger partial charge in [-0.3, -0.25) is 4.79 Å². The number of nitrogens with zero attached hydrogens (tertiary/aromatic N) is 4. The van der Waals surface area contributed by atoms with Gasteiger partial charge in [0.25, 0.3) is 0 Å². The van der Waals surface area contributed by atoms with Gasteiger partial charge in [0.05, 0.1) is 29.7 Å². The van der Waals surface area contributed by atoms with E-state index in [-0.39, 0.29) is 11.9 Å². The molecular formula is C22H28FN7O. The highest BCUT2D eigenvalue weighted by atomic mass is 19.1. The molecule has 1 aliphatic rings. The third-order valence-electron chi connectivity index (χ3n) is 4.98. The molecule has 164 valence electrons. The lowest BCUT2D eigenvalue weighted by atomic mass is 10.2. The van der Waals surface area contributed by atoms with Crippen LogP contribution in [0, 0.1) is 17.8 Å². The fourth-order valence-corrected chi connectivity index (χ4v) is 3.10. The number of unbranched alkanes of at least 4 members (excludes halogenated alkanes) is 1. The van der Waals surface area contributed by atoms with E-state index in [0.29, 0.717) is 24.6 Å². The summed E-state index contributed by atoms with van der Waals surface area (Å²) >= 11 is 0. The molecule has 2 aromatic rings. The van der Waals surface area contributed by atoms with Crippen molar-refractivity contribution < 1.29 is 9.18 Å². The average Bonchev–Trinajstić information content (AvgIpc) is 3.32. The fraction of sp³-hybridized carbons (Fsp3) is 0.455. The molecular weight excluding hydrogens is 397 g/mol. The topological polar surface area (TPSA) is 95.1 Å². The molecule has 0 saturated carbocycles. The second kappa shape index (κ2) is 11.2. The van der Waals surface area contributed by atoms with Gasteiger partial charge < -0.3 is 20.9 Å². The molecule has 3 rings (SSSR count). The normalized spacial score (nSPS) is 14.0. The van der Waals surface area contributed by atoms with Gasteiger partial charge in [-0.15, -0.1) is 0 Å². The number of hydrogen-bond donors (Lipinski definition) is 3. The Kier molecular flexibility index (Phi) is 8.12. The first-order valence-electron chi connectivity index (χ1n) is 10.5. The van der Waals surface area contributed by atoms with Crippen molar-refractivity contribution in [3.05, 3.63) is 36.0 Å². The van der Waals surface area contributed by atoms with Crippen LogP contribution in [0.1, 0.15) is 38.2 Å². The van der Waals surface area contributed by atoms with Gasteiger partial charge in [-0.1, -0.05) is 11.8 Å². The van der Waals surface area contributed by atoms with Gasteiger partial charge in [0, 0.05) is 26.1 Å². The highest BCUT2D eigenvalue weighted by Gasteiger charge is 2.18. The van der Waals surface area contributed by atoms with Crippen molar-refractivity contribution in [1.29, 1.82) is 0 Å². The summed E-state index contributed by atoms with van der Waals surface area (Å²) in [5.41, 5.74) is 1.39. The molecule has 0 radical (unpaired) electrons. The van der Waals surface area contributed by atoms with E-state index in [9.17, 15) is 9.18 Å². The lowest BCUT2D eigenvalue weighted by molar-refractivity contribution is -0.122. The summed E-state index contributed by atoms with van der Waals surface area (Å²) in [6.45, 7) is 4.27. The van der Waals surface area contributed by atoms with Gasteiger partial charge in [-0.05, 0) is 45.4 Å². The smallest absolute Gasteiger partial charge is 0.236 e. The Morgan fingerprint density at radius 3 is 2.77 bits per heavy atom. The molecule has 0 unspecified atom stereocenters. The zero-order chi connectivity index (χ0) is 22.1.